The van der Waals surface area contributed by atoms with Crippen LogP contribution < -0.4 is 4.74 Å². The van der Waals surface area contributed by atoms with Crippen molar-refractivity contribution in [2.24, 2.45) is 0 Å². The summed E-state index contributed by atoms with van der Waals surface area (Å²) >= 11 is 0. The van der Waals surface area contributed by atoms with Gasteiger partial charge in [-0.25, -0.2) is 0 Å². The highest BCUT2D eigenvalue weighted by molar-refractivity contribution is 5.42. The van der Waals surface area contributed by atoms with Gasteiger partial charge in [-0.3, -0.25) is 4.90 Å². The Morgan fingerprint density at radius 3 is 2.61 bits per heavy atom. The molecule has 0 spiro atoms. The van der Waals surface area contributed by atoms with Crippen molar-refractivity contribution in [1.82, 2.24) is 4.90 Å². The van der Waals surface area contributed by atoms with Crippen LogP contribution in [0.4, 0.5) is 0 Å². The second-order valence-corrected chi connectivity index (χ2v) is 5.21. The Hall–Kier alpha value is -1.22. The van der Waals surface area contributed by atoms with Gasteiger partial charge in [0, 0.05) is 12.1 Å². The van der Waals surface area contributed by atoms with E-state index in [0.717, 1.165) is 0 Å². The molecule has 0 bridgehead atoms. The predicted octanol–water partition coefficient (Wildman–Crippen LogP) is 3.34. The van der Waals surface area contributed by atoms with Gasteiger partial charge in [0.15, 0.2) is 11.5 Å². The monoisotopic (exact) mass is 249 g/mol. The van der Waals surface area contributed by atoms with Gasteiger partial charge in [0.2, 0.25) is 0 Å². The lowest BCUT2D eigenvalue weighted by atomic mass is 10.0. The lowest BCUT2D eigenvalue weighted by Gasteiger charge is -2.31. The van der Waals surface area contributed by atoms with E-state index < -0.39 is 0 Å². The molecule has 0 aliphatic heterocycles. The van der Waals surface area contributed by atoms with Gasteiger partial charge in [-0.2, -0.15) is 0 Å². The lowest BCUT2D eigenvalue weighted by Crippen LogP contribution is -2.31. The zero-order chi connectivity index (χ0) is 13.1. The third-order valence-electron chi connectivity index (χ3n) is 4.20. The Balaban J connectivity index is 2.14. The summed E-state index contributed by atoms with van der Waals surface area (Å²) in [5.74, 6) is 0.760. The first-order valence-corrected chi connectivity index (χ1v) is 6.72. The van der Waals surface area contributed by atoms with Crippen LogP contribution in [0.3, 0.4) is 0 Å². The van der Waals surface area contributed by atoms with Crippen molar-refractivity contribution in [1.29, 1.82) is 0 Å². The van der Waals surface area contributed by atoms with Crippen LogP contribution in [-0.2, 0) is 0 Å². The Labute approximate surface area is 109 Å². The van der Waals surface area contributed by atoms with E-state index in [1.807, 2.05) is 12.1 Å². The minimum Gasteiger partial charge on any atom is -0.504 e. The molecule has 1 fully saturated rings. The summed E-state index contributed by atoms with van der Waals surface area (Å²) in [6.07, 6.45) is 5.30. The molecular weight excluding hydrogens is 226 g/mol. The molecule has 0 aromatic heterocycles. The first-order valence-electron chi connectivity index (χ1n) is 6.72. The second kappa shape index (κ2) is 5.61. The van der Waals surface area contributed by atoms with Crippen LogP contribution in [0.5, 0.6) is 11.5 Å². The van der Waals surface area contributed by atoms with E-state index in [-0.39, 0.29) is 5.75 Å². The zero-order valence-corrected chi connectivity index (χ0v) is 11.5. The third kappa shape index (κ3) is 2.61. The summed E-state index contributed by atoms with van der Waals surface area (Å²) < 4.78 is 5.17. The highest BCUT2D eigenvalue weighted by atomic mass is 16.5. The maximum atomic E-state index is 9.63. The minimum absolute atomic E-state index is 0.206. The van der Waals surface area contributed by atoms with Crippen molar-refractivity contribution in [2.45, 2.75) is 44.7 Å². The molecule has 0 heterocycles. The van der Waals surface area contributed by atoms with E-state index in [1.54, 1.807) is 13.2 Å². The summed E-state index contributed by atoms with van der Waals surface area (Å²) in [7, 11) is 3.78. The topological polar surface area (TPSA) is 32.7 Å². The minimum atomic E-state index is 0.206. The maximum Gasteiger partial charge on any atom is 0.160 e. The van der Waals surface area contributed by atoms with Crippen LogP contribution in [-0.4, -0.2) is 30.2 Å². The van der Waals surface area contributed by atoms with Gasteiger partial charge in [-0.05, 0) is 44.5 Å². The Morgan fingerprint density at radius 2 is 2.00 bits per heavy atom. The molecule has 100 valence electrons. The van der Waals surface area contributed by atoms with Crippen LogP contribution >= 0.6 is 0 Å². The van der Waals surface area contributed by atoms with E-state index in [2.05, 4.69) is 18.9 Å². The fourth-order valence-electron chi connectivity index (χ4n) is 2.82. The van der Waals surface area contributed by atoms with Crippen molar-refractivity contribution >= 4 is 0 Å². The molecule has 0 amide bonds. The van der Waals surface area contributed by atoms with Gasteiger partial charge in [0.05, 0.1) is 7.11 Å². The Kier molecular flexibility index (Phi) is 4.12. The molecule has 3 heteroatoms. The number of ether oxygens (including phenoxy) is 1. The first-order chi connectivity index (χ1) is 8.63. The largest absolute Gasteiger partial charge is 0.504 e. The van der Waals surface area contributed by atoms with Crippen molar-refractivity contribution in [2.75, 3.05) is 14.2 Å². The fraction of sp³-hybridized carbons (Fsp3) is 0.600. The highest BCUT2D eigenvalue weighted by Gasteiger charge is 2.24. The van der Waals surface area contributed by atoms with Crippen molar-refractivity contribution in [3.05, 3.63) is 23.8 Å². The molecule has 1 aliphatic rings. The number of phenolic OH excluding ortho intramolecular Hbond substituents is 1. The smallest absolute Gasteiger partial charge is 0.160 e. The summed E-state index contributed by atoms with van der Waals surface area (Å²) in [5.41, 5.74) is 1.19. The molecule has 1 aliphatic carbocycles. The summed E-state index contributed by atoms with van der Waals surface area (Å²) in [6.45, 7) is 2.21. The van der Waals surface area contributed by atoms with Gasteiger partial charge in [0.25, 0.3) is 0 Å². The number of benzene rings is 1. The zero-order valence-electron chi connectivity index (χ0n) is 11.5. The molecule has 1 unspecified atom stereocenters. The van der Waals surface area contributed by atoms with E-state index in [4.69, 9.17) is 4.74 Å². The molecule has 1 N–H and O–H groups in total. The van der Waals surface area contributed by atoms with E-state index in [9.17, 15) is 5.11 Å². The quantitative estimate of drug-likeness (QED) is 0.888. The van der Waals surface area contributed by atoms with E-state index in [0.29, 0.717) is 17.8 Å². The normalized spacial score (nSPS) is 18.2. The van der Waals surface area contributed by atoms with Gasteiger partial charge in [0.1, 0.15) is 0 Å². The molecule has 1 aromatic rings. The van der Waals surface area contributed by atoms with Crippen LogP contribution in [0.15, 0.2) is 18.2 Å². The number of nitrogens with zero attached hydrogens (tertiary/aromatic N) is 1. The van der Waals surface area contributed by atoms with Gasteiger partial charge >= 0.3 is 0 Å². The van der Waals surface area contributed by atoms with Crippen LogP contribution in [0, 0.1) is 0 Å². The number of hydrogen-bond acceptors (Lipinski definition) is 3. The number of aromatic hydroxyl groups is 1. The van der Waals surface area contributed by atoms with Crippen LogP contribution in [0.1, 0.15) is 44.2 Å². The number of hydrogen-bond donors (Lipinski definition) is 1. The van der Waals surface area contributed by atoms with E-state index >= 15 is 0 Å². The maximum absolute atomic E-state index is 9.63. The summed E-state index contributed by atoms with van der Waals surface area (Å²) in [4.78, 5) is 2.44. The van der Waals surface area contributed by atoms with Crippen molar-refractivity contribution in [3.8, 4) is 11.5 Å². The molecule has 3 nitrogen and oxygen atoms in total. The molecule has 0 radical (unpaired) electrons. The molecular formula is C15H23NO2. The summed E-state index contributed by atoms with van der Waals surface area (Å²) in [6, 6.07) is 6.68. The van der Waals surface area contributed by atoms with Crippen molar-refractivity contribution in [3.63, 3.8) is 0 Å². The molecule has 0 saturated heterocycles. The van der Waals surface area contributed by atoms with E-state index in [1.165, 1.54) is 31.2 Å². The predicted molar refractivity (Wildman–Crippen MR) is 73.1 cm³/mol. The standard InChI is InChI=1S/C15H23NO2/c1-11(16(2)13-6-4-5-7-13)12-8-9-14(17)15(10-12)18-3/h8-11,13,17H,4-7H2,1-3H3. The molecule has 1 aromatic carbocycles. The molecule has 1 atom stereocenters. The molecule has 1 saturated carbocycles. The lowest BCUT2D eigenvalue weighted by molar-refractivity contribution is 0.187. The van der Waals surface area contributed by atoms with Gasteiger partial charge in [-0.15, -0.1) is 0 Å². The number of phenols is 1. The third-order valence-corrected chi connectivity index (χ3v) is 4.20. The Morgan fingerprint density at radius 1 is 1.33 bits per heavy atom. The number of rotatable bonds is 4. The summed E-state index contributed by atoms with van der Waals surface area (Å²) in [5, 5.41) is 9.63. The average molecular weight is 249 g/mol. The van der Waals surface area contributed by atoms with Crippen LogP contribution in [0.2, 0.25) is 0 Å². The average Bonchev–Trinajstić information content (AvgIpc) is 2.91. The Bertz CT molecular complexity index is 399. The molecule has 2 rings (SSSR count). The first kappa shape index (κ1) is 13.2. The van der Waals surface area contributed by atoms with Crippen molar-refractivity contribution < 1.29 is 9.84 Å². The number of methoxy groups -OCH3 is 1. The van der Waals surface area contributed by atoms with Gasteiger partial charge < -0.3 is 9.84 Å². The molecule has 18 heavy (non-hydrogen) atoms. The van der Waals surface area contributed by atoms with Crippen LogP contribution in [0.25, 0.3) is 0 Å². The SMILES string of the molecule is COc1cc(C(C)N(C)C2CCCC2)ccc1O. The second-order valence-electron chi connectivity index (χ2n) is 5.21. The fourth-order valence-corrected chi connectivity index (χ4v) is 2.82. The van der Waals surface area contributed by atoms with Gasteiger partial charge in [-0.1, -0.05) is 18.9 Å². The highest BCUT2D eigenvalue weighted by Crippen LogP contribution is 2.33.